The SMILES string of the molecule is c1ccc(C2(c3ccccc3)c3ccccc3Oc3cc(-c4ccc(-c5ccc(-c6ccc7oc8ccccc8c7c6)cc5)cc4)ccc32)cc1. The predicted molar refractivity (Wildman–Crippen MR) is 208 cm³/mol. The molecule has 1 aliphatic heterocycles. The van der Waals surface area contributed by atoms with Crippen LogP contribution in [0.2, 0.25) is 0 Å². The maximum absolute atomic E-state index is 6.71. The lowest BCUT2D eigenvalue weighted by atomic mass is 9.63. The van der Waals surface area contributed by atoms with Gasteiger partial charge in [0.1, 0.15) is 22.7 Å². The second-order valence-corrected chi connectivity index (χ2v) is 13.3. The Morgan fingerprint density at radius 3 is 1.45 bits per heavy atom. The lowest BCUT2D eigenvalue weighted by Gasteiger charge is -2.41. The van der Waals surface area contributed by atoms with E-state index < -0.39 is 5.41 Å². The van der Waals surface area contributed by atoms with Crippen molar-refractivity contribution in [1.82, 2.24) is 0 Å². The summed E-state index contributed by atoms with van der Waals surface area (Å²) in [5.41, 5.74) is 13.0. The molecule has 10 rings (SSSR count). The van der Waals surface area contributed by atoms with Gasteiger partial charge >= 0.3 is 0 Å². The zero-order valence-electron chi connectivity index (χ0n) is 27.8. The fraction of sp³-hybridized carbons (Fsp3) is 0.0204. The third kappa shape index (κ3) is 4.72. The molecule has 0 bridgehead atoms. The van der Waals surface area contributed by atoms with Gasteiger partial charge in [0.25, 0.3) is 0 Å². The molecule has 0 aliphatic carbocycles. The molecule has 9 aromatic rings. The lowest BCUT2D eigenvalue weighted by molar-refractivity contribution is 0.435. The minimum Gasteiger partial charge on any atom is -0.457 e. The van der Waals surface area contributed by atoms with E-state index in [1.54, 1.807) is 0 Å². The molecule has 0 fully saturated rings. The average Bonchev–Trinajstić information content (AvgIpc) is 3.59. The van der Waals surface area contributed by atoms with Gasteiger partial charge in [0.2, 0.25) is 0 Å². The molecule has 0 atom stereocenters. The molecule has 1 aromatic heterocycles. The summed E-state index contributed by atoms with van der Waals surface area (Å²) in [7, 11) is 0. The zero-order valence-corrected chi connectivity index (χ0v) is 27.8. The van der Waals surface area contributed by atoms with E-state index in [9.17, 15) is 0 Å². The summed E-state index contributed by atoms with van der Waals surface area (Å²) in [5.74, 6) is 1.76. The standard InChI is InChI=1S/C49H32O2/c1-3-11-39(12-4-1)49(40-13-5-2-6-14-40)43-16-8-10-18-47(43)51-48-32-38(27-29-44(48)49)36-25-21-34(22-26-36)33-19-23-35(24-20-33)37-28-30-46-42(31-37)41-15-7-9-17-45(41)50-46/h1-32H. The minimum atomic E-state index is -0.515. The number of hydrogen-bond donors (Lipinski definition) is 0. The highest BCUT2D eigenvalue weighted by atomic mass is 16.5. The van der Waals surface area contributed by atoms with Crippen LogP contribution in [0.1, 0.15) is 22.3 Å². The fourth-order valence-electron chi connectivity index (χ4n) is 8.01. The molecule has 240 valence electrons. The van der Waals surface area contributed by atoms with Gasteiger partial charge in [0.15, 0.2) is 0 Å². The zero-order chi connectivity index (χ0) is 33.8. The first-order valence-corrected chi connectivity index (χ1v) is 17.4. The number of ether oxygens (including phenoxy) is 1. The van der Waals surface area contributed by atoms with E-state index >= 15 is 0 Å². The monoisotopic (exact) mass is 652 g/mol. The van der Waals surface area contributed by atoms with Crippen LogP contribution < -0.4 is 4.74 Å². The van der Waals surface area contributed by atoms with Gasteiger partial charge < -0.3 is 9.15 Å². The molecule has 0 saturated heterocycles. The Morgan fingerprint density at radius 1 is 0.314 bits per heavy atom. The molecule has 51 heavy (non-hydrogen) atoms. The summed E-state index contributed by atoms with van der Waals surface area (Å²) in [6.07, 6.45) is 0. The van der Waals surface area contributed by atoms with Crippen molar-refractivity contribution >= 4 is 21.9 Å². The Bertz CT molecular complexity index is 2650. The molecule has 0 unspecified atom stereocenters. The molecular formula is C49H32O2. The van der Waals surface area contributed by atoms with Crippen molar-refractivity contribution in [2.24, 2.45) is 0 Å². The second-order valence-electron chi connectivity index (χ2n) is 13.3. The molecule has 8 aromatic carbocycles. The van der Waals surface area contributed by atoms with Gasteiger partial charge in [-0.05, 0) is 74.8 Å². The van der Waals surface area contributed by atoms with Gasteiger partial charge in [-0.3, -0.25) is 0 Å². The van der Waals surface area contributed by atoms with Crippen molar-refractivity contribution in [3.63, 3.8) is 0 Å². The van der Waals surface area contributed by atoms with Crippen molar-refractivity contribution in [2.45, 2.75) is 5.41 Å². The largest absolute Gasteiger partial charge is 0.457 e. The highest BCUT2D eigenvalue weighted by Gasteiger charge is 2.45. The van der Waals surface area contributed by atoms with Crippen LogP contribution >= 0.6 is 0 Å². The Kier molecular flexibility index (Phi) is 6.75. The summed E-state index contributed by atoms with van der Waals surface area (Å²) in [6, 6.07) is 69.1. The van der Waals surface area contributed by atoms with E-state index in [4.69, 9.17) is 9.15 Å². The van der Waals surface area contributed by atoms with Crippen LogP contribution in [0.3, 0.4) is 0 Å². The number of benzene rings is 8. The van der Waals surface area contributed by atoms with Gasteiger partial charge in [-0.25, -0.2) is 0 Å². The summed E-state index contributed by atoms with van der Waals surface area (Å²) >= 11 is 0. The first-order valence-electron chi connectivity index (χ1n) is 17.4. The van der Waals surface area contributed by atoms with Crippen LogP contribution in [-0.2, 0) is 5.41 Å². The van der Waals surface area contributed by atoms with Crippen LogP contribution in [-0.4, -0.2) is 0 Å². The quantitative estimate of drug-likeness (QED) is 0.185. The Labute approximate surface area is 296 Å². The van der Waals surface area contributed by atoms with Crippen molar-refractivity contribution < 1.29 is 9.15 Å². The van der Waals surface area contributed by atoms with Crippen molar-refractivity contribution in [3.05, 3.63) is 216 Å². The van der Waals surface area contributed by atoms with E-state index in [1.165, 1.54) is 33.4 Å². The number of hydrogen-bond acceptors (Lipinski definition) is 2. The van der Waals surface area contributed by atoms with Crippen LogP contribution in [0.25, 0.3) is 55.3 Å². The maximum atomic E-state index is 6.71. The molecular weight excluding hydrogens is 621 g/mol. The second kappa shape index (κ2) is 11.8. The van der Waals surface area contributed by atoms with Gasteiger partial charge in [-0.15, -0.1) is 0 Å². The van der Waals surface area contributed by atoms with Crippen molar-refractivity contribution in [2.75, 3.05) is 0 Å². The first-order chi connectivity index (χ1) is 25.3. The van der Waals surface area contributed by atoms with Gasteiger partial charge in [-0.2, -0.15) is 0 Å². The van der Waals surface area contributed by atoms with E-state index in [1.807, 2.05) is 12.1 Å². The topological polar surface area (TPSA) is 22.4 Å². The number of para-hydroxylation sites is 2. The molecule has 1 aliphatic rings. The van der Waals surface area contributed by atoms with E-state index in [0.29, 0.717) is 0 Å². The first kappa shape index (κ1) is 29.3. The van der Waals surface area contributed by atoms with E-state index in [-0.39, 0.29) is 0 Å². The molecule has 2 nitrogen and oxygen atoms in total. The Balaban J connectivity index is 0.991. The molecule has 2 heterocycles. The van der Waals surface area contributed by atoms with Crippen LogP contribution in [0.15, 0.2) is 199 Å². The van der Waals surface area contributed by atoms with Gasteiger partial charge in [-0.1, -0.05) is 164 Å². The summed E-state index contributed by atoms with van der Waals surface area (Å²) < 4.78 is 12.8. The van der Waals surface area contributed by atoms with E-state index in [0.717, 1.165) is 55.7 Å². The average molecular weight is 653 g/mol. The molecule has 0 saturated carbocycles. The van der Waals surface area contributed by atoms with Gasteiger partial charge in [0.05, 0.1) is 5.41 Å². The Morgan fingerprint density at radius 2 is 0.784 bits per heavy atom. The number of fused-ring (bicyclic) bond motifs is 5. The highest BCUT2D eigenvalue weighted by molar-refractivity contribution is 6.06. The minimum absolute atomic E-state index is 0.515. The van der Waals surface area contributed by atoms with Gasteiger partial charge in [0, 0.05) is 21.9 Å². The normalized spacial score (nSPS) is 13.0. The summed E-state index contributed by atoms with van der Waals surface area (Å²) in [5, 5.41) is 2.29. The third-order valence-electron chi connectivity index (χ3n) is 10.5. The lowest BCUT2D eigenvalue weighted by Crippen LogP contribution is -2.34. The van der Waals surface area contributed by atoms with Crippen molar-refractivity contribution in [3.8, 4) is 44.9 Å². The summed E-state index contributed by atoms with van der Waals surface area (Å²) in [4.78, 5) is 0. The molecule has 0 spiro atoms. The molecule has 2 heteroatoms. The highest BCUT2D eigenvalue weighted by Crippen LogP contribution is 2.55. The van der Waals surface area contributed by atoms with Crippen LogP contribution in [0, 0.1) is 0 Å². The maximum Gasteiger partial charge on any atom is 0.135 e. The predicted octanol–water partition coefficient (Wildman–Crippen LogP) is 13.1. The van der Waals surface area contributed by atoms with Crippen LogP contribution in [0.4, 0.5) is 0 Å². The number of rotatable bonds is 5. The molecule has 0 amide bonds. The number of furan rings is 1. The molecule has 0 radical (unpaired) electrons. The Hall–Kier alpha value is -6.64. The smallest absolute Gasteiger partial charge is 0.135 e. The molecule has 0 N–H and O–H groups in total. The van der Waals surface area contributed by atoms with E-state index in [2.05, 4.69) is 182 Å². The van der Waals surface area contributed by atoms with Crippen LogP contribution in [0.5, 0.6) is 11.5 Å². The third-order valence-corrected chi connectivity index (χ3v) is 10.5. The summed E-state index contributed by atoms with van der Waals surface area (Å²) in [6.45, 7) is 0. The van der Waals surface area contributed by atoms with Crippen molar-refractivity contribution in [1.29, 1.82) is 0 Å². The fourth-order valence-corrected chi connectivity index (χ4v) is 8.01.